The fourth-order valence-electron chi connectivity index (χ4n) is 2.05. The van der Waals surface area contributed by atoms with E-state index in [1.165, 1.54) is 0 Å². The maximum atomic E-state index is 9.00. The number of hydrogen-bond acceptors (Lipinski definition) is 3. The highest BCUT2D eigenvalue weighted by Gasteiger charge is 2.10. The lowest BCUT2D eigenvalue weighted by Gasteiger charge is -2.06. The molecule has 0 aliphatic carbocycles. The molecule has 4 nitrogen and oxygen atoms in total. The predicted octanol–water partition coefficient (Wildman–Crippen LogP) is 3.70. The summed E-state index contributed by atoms with van der Waals surface area (Å²) in [7, 11) is 0. The number of H-pyrrole nitrogens is 1. The number of benzene rings is 1. The number of aromatic amines is 1. The fourth-order valence-corrected chi connectivity index (χ4v) is 2.35. The van der Waals surface area contributed by atoms with Gasteiger partial charge < -0.3 is 10.3 Å². The smallest absolute Gasteiger partial charge is 0.142 e. The van der Waals surface area contributed by atoms with Crippen LogP contribution < -0.4 is 5.32 Å². The molecule has 0 bridgehead atoms. The number of pyridine rings is 1. The lowest BCUT2D eigenvalue weighted by atomic mass is 10.2. The molecule has 0 saturated heterocycles. The number of rotatable bonds is 3. The Morgan fingerprint density at radius 2 is 2.10 bits per heavy atom. The normalized spacial score (nSPS) is 10.4. The monoisotopic (exact) mass is 282 g/mol. The van der Waals surface area contributed by atoms with Crippen LogP contribution in [-0.4, -0.2) is 9.97 Å². The SMILES string of the molecule is N#Cc1c[nH]c2nc(NCc3ccccc3)cc(Cl)c12. The number of halogens is 1. The van der Waals surface area contributed by atoms with Crippen LogP contribution in [-0.2, 0) is 6.54 Å². The number of nitrogens with one attached hydrogen (secondary N) is 2. The number of hydrogen-bond donors (Lipinski definition) is 2. The predicted molar refractivity (Wildman–Crippen MR) is 79.6 cm³/mol. The summed E-state index contributed by atoms with van der Waals surface area (Å²) >= 11 is 6.22. The molecule has 5 heteroatoms. The van der Waals surface area contributed by atoms with Crippen LogP contribution in [0.2, 0.25) is 5.02 Å². The molecule has 0 unspecified atom stereocenters. The highest BCUT2D eigenvalue weighted by molar-refractivity contribution is 6.36. The highest BCUT2D eigenvalue weighted by atomic mass is 35.5. The van der Waals surface area contributed by atoms with Crippen molar-refractivity contribution in [1.82, 2.24) is 9.97 Å². The summed E-state index contributed by atoms with van der Waals surface area (Å²) in [6.07, 6.45) is 1.62. The Morgan fingerprint density at radius 3 is 2.85 bits per heavy atom. The van der Waals surface area contributed by atoms with Gasteiger partial charge in [-0.3, -0.25) is 0 Å². The standard InChI is InChI=1S/C15H11ClN4/c16-12-6-13(18-8-10-4-2-1-3-5-10)20-15-14(12)11(7-17)9-19-15/h1-6,9H,8H2,(H2,18,19,20). The van der Waals surface area contributed by atoms with Gasteiger partial charge in [0.15, 0.2) is 0 Å². The van der Waals surface area contributed by atoms with Crippen molar-refractivity contribution in [2.24, 2.45) is 0 Å². The molecule has 0 aliphatic heterocycles. The Hall–Kier alpha value is -2.51. The van der Waals surface area contributed by atoms with Crippen LogP contribution in [0.3, 0.4) is 0 Å². The lowest BCUT2D eigenvalue weighted by molar-refractivity contribution is 1.12. The first-order valence-electron chi connectivity index (χ1n) is 6.13. The summed E-state index contributed by atoms with van der Waals surface area (Å²) in [6.45, 7) is 0.668. The van der Waals surface area contributed by atoms with E-state index >= 15 is 0 Å². The molecule has 0 fully saturated rings. The van der Waals surface area contributed by atoms with Gasteiger partial charge in [-0.25, -0.2) is 4.98 Å². The van der Waals surface area contributed by atoms with Crippen molar-refractivity contribution < 1.29 is 0 Å². The third-order valence-corrected chi connectivity index (χ3v) is 3.33. The second-order valence-electron chi connectivity index (χ2n) is 4.37. The van der Waals surface area contributed by atoms with Crippen molar-refractivity contribution in [3.63, 3.8) is 0 Å². The van der Waals surface area contributed by atoms with Crippen LogP contribution in [0.15, 0.2) is 42.6 Å². The van der Waals surface area contributed by atoms with Gasteiger partial charge in [-0.15, -0.1) is 0 Å². The Labute approximate surface area is 121 Å². The second kappa shape index (κ2) is 5.24. The Balaban J connectivity index is 1.88. The summed E-state index contributed by atoms with van der Waals surface area (Å²) in [5, 5.41) is 13.4. The zero-order valence-electron chi connectivity index (χ0n) is 10.5. The second-order valence-corrected chi connectivity index (χ2v) is 4.77. The molecule has 2 N–H and O–H groups in total. The van der Waals surface area contributed by atoms with Crippen molar-refractivity contribution in [3.8, 4) is 6.07 Å². The third-order valence-electron chi connectivity index (χ3n) is 3.03. The van der Waals surface area contributed by atoms with Crippen LogP contribution >= 0.6 is 11.6 Å². The van der Waals surface area contributed by atoms with Gasteiger partial charge in [0, 0.05) is 12.7 Å². The van der Waals surface area contributed by atoms with Crippen molar-refractivity contribution in [3.05, 3.63) is 58.7 Å². The van der Waals surface area contributed by atoms with E-state index in [0.29, 0.717) is 34.0 Å². The lowest BCUT2D eigenvalue weighted by Crippen LogP contribution is -2.01. The number of nitrogens with zero attached hydrogens (tertiary/aromatic N) is 2. The quantitative estimate of drug-likeness (QED) is 0.770. The summed E-state index contributed by atoms with van der Waals surface area (Å²) in [5.74, 6) is 0.678. The van der Waals surface area contributed by atoms with Gasteiger partial charge in [0.2, 0.25) is 0 Å². The van der Waals surface area contributed by atoms with E-state index in [2.05, 4.69) is 21.4 Å². The molecule has 0 atom stereocenters. The van der Waals surface area contributed by atoms with E-state index in [9.17, 15) is 0 Å². The van der Waals surface area contributed by atoms with Gasteiger partial charge in [0.05, 0.1) is 16.0 Å². The molecule has 20 heavy (non-hydrogen) atoms. The van der Waals surface area contributed by atoms with Crippen molar-refractivity contribution in [1.29, 1.82) is 5.26 Å². The molecule has 0 spiro atoms. The number of aromatic nitrogens is 2. The first kappa shape index (κ1) is 12.5. The maximum Gasteiger partial charge on any atom is 0.142 e. The van der Waals surface area contributed by atoms with Gasteiger partial charge >= 0.3 is 0 Å². The van der Waals surface area contributed by atoms with Crippen LogP contribution in [0.25, 0.3) is 11.0 Å². The first-order chi connectivity index (χ1) is 9.78. The Morgan fingerprint density at radius 1 is 1.30 bits per heavy atom. The molecular weight excluding hydrogens is 272 g/mol. The van der Waals surface area contributed by atoms with E-state index in [-0.39, 0.29) is 0 Å². The first-order valence-corrected chi connectivity index (χ1v) is 6.51. The largest absolute Gasteiger partial charge is 0.366 e. The van der Waals surface area contributed by atoms with Gasteiger partial charge in [-0.1, -0.05) is 41.9 Å². The van der Waals surface area contributed by atoms with Crippen molar-refractivity contribution in [2.45, 2.75) is 6.54 Å². The van der Waals surface area contributed by atoms with E-state index in [4.69, 9.17) is 16.9 Å². The van der Waals surface area contributed by atoms with Gasteiger partial charge in [-0.05, 0) is 11.6 Å². The van der Waals surface area contributed by atoms with Crippen molar-refractivity contribution in [2.75, 3.05) is 5.32 Å². The van der Waals surface area contributed by atoms with Gasteiger partial charge in [-0.2, -0.15) is 5.26 Å². The zero-order valence-corrected chi connectivity index (χ0v) is 11.3. The third kappa shape index (κ3) is 2.31. The molecule has 0 radical (unpaired) electrons. The minimum atomic E-state index is 0.507. The molecule has 0 aliphatic rings. The number of nitriles is 1. The maximum absolute atomic E-state index is 9.00. The van der Waals surface area contributed by atoms with Crippen LogP contribution in [0.4, 0.5) is 5.82 Å². The molecule has 2 heterocycles. The molecule has 1 aromatic carbocycles. The van der Waals surface area contributed by atoms with Gasteiger partial charge in [0.1, 0.15) is 17.5 Å². The highest BCUT2D eigenvalue weighted by Crippen LogP contribution is 2.27. The summed E-state index contributed by atoms with van der Waals surface area (Å²) in [6, 6.07) is 13.9. The number of anilines is 1. The Kier molecular flexibility index (Phi) is 3.28. The average molecular weight is 283 g/mol. The van der Waals surface area contributed by atoms with E-state index in [0.717, 1.165) is 5.56 Å². The molecule has 3 aromatic rings. The fraction of sp³-hybridized carbons (Fsp3) is 0.0667. The molecule has 0 saturated carbocycles. The van der Waals surface area contributed by atoms with E-state index in [1.54, 1.807) is 12.3 Å². The molecular formula is C15H11ClN4. The van der Waals surface area contributed by atoms with E-state index < -0.39 is 0 Å². The zero-order chi connectivity index (χ0) is 13.9. The molecule has 98 valence electrons. The van der Waals surface area contributed by atoms with Crippen LogP contribution in [0, 0.1) is 11.3 Å². The van der Waals surface area contributed by atoms with Gasteiger partial charge in [0.25, 0.3) is 0 Å². The van der Waals surface area contributed by atoms with E-state index in [1.807, 2.05) is 30.3 Å². The summed E-state index contributed by atoms with van der Waals surface area (Å²) in [4.78, 5) is 7.38. The molecule has 0 amide bonds. The molecule has 2 aromatic heterocycles. The summed E-state index contributed by atoms with van der Waals surface area (Å²) in [5.41, 5.74) is 2.28. The molecule has 3 rings (SSSR count). The number of fused-ring (bicyclic) bond motifs is 1. The van der Waals surface area contributed by atoms with Crippen LogP contribution in [0.5, 0.6) is 0 Å². The topological polar surface area (TPSA) is 64.5 Å². The minimum Gasteiger partial charge on any atom is -0.366 e. The van der Waals surface area contributed by atoms with Crippen molar-refractivity contribution >= 4 is 28.5 Å². The average Bonchev–Trinajstić information content (AvgIpc) is 2.90. The Bertz CT molecular complexity index is 787. The summed E-state index contributed by atoms with van der Waals surface area (Å²) < 4.78 is 0. The van der Waals surface area contributed by atoms with Crippen LogP contribution in [0.1, 0.15) is 11.1 Å². The minimum absolute atomic E-state index is 0.507.